The first-order chi connectivity index (χ1) is 16.8. The summed E-state index contributed by atoms with van der Waals surface area (Å²) in [6.45, 7) is 3.58. The molecule has 15 heteroatoms. The maximum absolute atomic E-state index is 12.9. The molecule has 0 aromatic carbocycles. The number of hydrogen-bond donors (Lipinski definition) is 8. The first-order valence-corrected chi connectivity index (χ1v) is 11.3. The first-order valence-electron chi connectivity index (χ1n) is 11.3. The van der Waals surface area contributed by atoms with Crippen molar-refractivity contribution in [1.82, 2.24) is 25.9 Å². The molecule has 0 saturated carbocycles. The normalized spacial score (nSPS) is 15.0. The molecule has 200 valence electrons. The van der Waals surface area contributed by atoms with Crippen LogP contribution in [0.5, 0.6) is 0 Å². The van der Waals surface area contributed by atoms with E-state index in [1.54, 1.807) is 6.92 Å². The number of nitrogens with one attached hydrogen (secondary N) is 4. The van der Waals surface area contributed by atoms with Gasteiger partial charge in [0, 0.05) is 24.7 Å². The third-order valence-corrected chi connectivity index (χ3v) is 5.50. The van der Waals surface area contributed by atoms with Crippen molar-refractivity contribution in [1.29, 1.82) is 0 Å². The minimum Gasteiger partial charge on any atom is -0.480 e. The fraction of sp³-hybridized carbons (Fsp3) is 0.571. The van der Waals surface area contributed by atoms with Crippen LogP contribution in [0.25, 0.3) is 0 Å². The highest BCUT2D eigenvalue weighted by molar-refractivity contribution is 5.96. The summed E-state index contributed by atoms with van der Waals surface area (Å²) in [5.74, 6) is -5.83. The van der Waals surface area contributed by atoms with E-state index >= 15 is 0 Å². The van der Waals surface area contributed by atoms with E-state index in [0.717, 1.165) is 0 Å². The molecule has 0 spiro atoms. The van der Waals surface area contributed by atoms with Crippen molar-refractivity contribution in [3.8, 4) is 0 Å². The molecule has 0 aliphatic carbocycles. The molecule has 0 fully saturated rings. The summed E-state index contributed by atoms with van der Waals surface area (Å²) in [6.07, 6.45) is 2.02. The average molecular weight is 511 g/mol. The Balaban J connectivity index is 3.03. The number of aromatic nitrogens is 2. The lowest BCUT2D eigenvalue weighted by atomic mass is 9.98. The fourth-order valence-corrected chi connectivity index (χ4v) is 3.11. The van der Waals surface area contributed by atoms with Crippen LogP contribution in [0.15, 0.2) is 12.5 Å². The van der Waals surface area contributed by atoms with E-state index in [2.05, 4.69) is 25.9 Å². The second kappa shape index (κ2) is 14.4. The van der Waals surface area contributed by atoms with Gasteiger partial charge in [0.2, 0.25) is 29.5 Å². The number of H-pyrrole nitrogens is 1. The van der Waals surface area contributed by atoms with Crippen molar-refractivity contribution in [3.63, 3.8) is 0 Å². The topological polar surface area (TPSA) is 265 Å². The molecule has 1 aromatic heterocycles. The Morgan fingerprint density at radius 3 is 2.06 bits per heavy atom. The summed E-state index contributed by atoms with van der Waals surface area (Å²) < 4.78 is 0. The molecular weight excluding hydrogens is 476 g/mol. The number of imidazole rings is 1. The smallest absolute Gasteiger partial charge is 0.326 e. The van der Waals surface area contributed by atoms with Gasteiger partial charge in [-0.1, -0.05) is 20.3 Å². The van der Waals surface area contributed by atoms with Crippen molar-refractivity contribution in [2.45, 2.75) is 70.1 Å². The average Bonchev–Trinajstić information content (AvgIpc) is 3.32. The van der Waals surface area contributed by atoms with Gasteiger partial charge >= 0.3 is 5.97 Å². The van der Waals surface area contributed by atoms with Crippen LogP contribution >= 0.6 is 0 Å². The Bertz CT molecular complexity index is 937. The number of carboxylic acids is 1. The first kappa shape index (κ1) is 30.0. The van der Waals surface area contributed by atoms with Crippen molar-refractivity contribution >= 4 is 35.5 Å². The molecule has 11 N–H and O–H groups in total. The summed E-state index contributed by atoms with van der Waals surface area (Å²) in [5, 5.41) is 16.4. The Hall–Kier alpha value is -4.01. The molecule has 0 aliphatic heterocycles. The lowest BCUT2D eigenvalue weighted by Gasteiger charge is -2.25. The molecule has 0 radical (unpaired) electrons. The standard InChI is InChI=1S/C21H34N8O7/c1-3-10(2)17(24)20(34)27-12(4-5-15(22)30)18(32)28-13(7-16(23)31)19(33)29-14(21(35)36)6-11-8-25-9-26-11/h8-10,12-14,17H,3-7,24H2,1-2H3,(H2,22,30)(H2,23,31)(H,25,26)(H,27,34)(H,28,32)(H,29,33)(H,35,36). The minimum absolute atomic E-state index is 0.150. The molecule has 5 unspecified atom stereocenters. The van der Waals surface area contributed by atoms with Crippen LogP contribution in [0.4, 0.5) is 0 Å². The van der Waals surface area contributed by atoms with Gasteiger partial charge in [0.05, 0.1) is 18.8 Å². The number of carbonyl (C=O) groups excluding carboxylic acids is 5. The van der Waals surface area contributed by atoms with Crippen LogP contribution in [-0.4, -0.2) is 74.7 Å². The number of rotatable bonds is 16. The van der Waals surface area contributed by atoms with Crippen molar-refractivity contribution in [2.24, 2.45) is 23.1 Å². The zero-order valence-corrected chi connectivity index (χ0v) is 20.2. The van der Waals surface area contributed by atoms with Gasteiger partial charge in [0.15, 0.2) is 0 Å². The van der Waals surface area contributed by atoms with E-state index in [9.17, 15) is 33.9 Å². The van der Waals surface area contributed by atoms with E-state index in [1.165, 1.54) is 12.5 Å². The van der Waals surface area contributed by atoms with Crippen molar-refractivity contribution < 1.29 is 33.9 Å². The molecule has 5 amide bonds. The van der Waals surface area contributed by atoms with E-state index in [1.807, 2.05) is 6.92 Å². The van der Waals surface area contributed by atoms with Crippen LogP contribution in [0, 0.1) is 5.92 Å². The highest BCUT2D eigenvalue weighted by Gasteiger charge is 2.32. The number of hydrogen-bond acceptors (Lipinski definition) is 8. The van der Waals surface area contributed by atoms with E-state index < -0.39 is 66.1 Å². The summed E-state index contributed by atoms with van der Waals surface area (Å²) in [5.41, 5.74) is 16.7. The fourth-order valence-electron chi connectivity index (χ4n) is 3.11. The number of primary amides is 2. The third-order valence-electron chi connectivity index (χ3n) is 5.50. The van der Waals surface area contributed by atoms with Crippen LogP contribution in [-0.2, 0) is 35.2 Å². The van der Waals surface area contributed by atoms with Gasteiger partial charge in [0.25, 0.3) is 0 Å². The van der Waals surface area contributed by atoms with Gasteiger partial charge < -0.3 is 43.2 Å². The number of amides is 5. The summed E-state index contributed by atoms with van der Waals surface area (Å²) in [7, 11) is 0. The van der Waals surface area contributed by atoms with Gasteiger partial charge in [-0.05, 0) is 12.3 Å². The molecule has 15 nitrogen and oxygen atoms in total. The minimum atomic E-state index is -1.56. The summed E-state index contributed by atoms with van der Waals surface area (Å²) in [4.78, 5) is 79.2. The Morgan fingerprint density at radius 1 is 0.972 bits per heavy atom. The number of carboxylic acid groups (broad SMARTS) is 1. The number of nitrogens with zero attached hydrogens (tertiary/aromatic N) is 1. The van der Waals surface area contributed by atoms with Gasteiger partial charge in [-0.2, -0.15) is 0 Å². The summed E-state index contributed by atoms with van der Waals surface area (Å²) >= 11 is 0. The predicted octanol–water partition coefficient (Wildman–Crippen LogP) is -2.99. The molecular formula is C21H34N8O7. The quantitative estimate of drug-likeness (QED) is 0.112. The van der Waals surface area contributed by atoms with Crippen LogP contribution < -0.4 is 33.2 Å². The Kier molecular flexibility index (Phi) is 12.0. The Labute approximate surface area is 207 Å². The molecule has 0 bridgehead atoms. The molecule has 5 atom stereocenters. The Morgan fingerprint density at radius 2 is 1.56 bits per heavy atom. The number of aromatic amines is 1. The summed E-state index contributed by atoms with van der Waals surface area (Å²) in [6, 6.07) is -5.23. The zero-order chi connectivity index (χ0) is 27.4. The number of aliphatic carboxylic acids is 1. The third kappa shape index (κ3) is 10.1. The van der Waals surface area contributed by atoms with Crippen molar-refractivity contribution in [2.75, 3.05) is 0 Å². The second-order valence-electron chi connectivity index (χ2n) is 8.39. The van der Waals surface area contributed by atoms with Crippen molar-refractivity contribution in [3.05, 3.63) is 18.2 Å². The SMILES string of the molecule is CCC(C)C(N)C(=O)NC(CCC(N)=O)C(=O)NC(CC(N)=O)C(=O)NC(Cc1cnc[nH]1)C(=O)O. The van der Waals surface area contributed by atoms with Gasteiger partial charge in [-0.25, -0.2) is 9.78 Å². The van der Waals surface area contributed by atoms with Crippen LogP contribution in [0.2, 0.25) is 0 Å². The molecule has 1 aromatic rings. The van der Waals surface area contributed by atoms with Crippen LogP contribution in [0.1, 0.15) is 45.2 Å². The number of carbonyl (C=O) groups is 6. The van der Waals surface area contributed by atoms with E-state index in [4.69, 9.17) is 17.2 Å². The highest BCUT2D eigenvalue weighted by Crippen LogP contribution is 2.08. The molecule has 36 heavy (non-hydrogen) atoms. The zero-order valence-electron chi connectivity index (χ0n) is 20.2. The highest BCUT2D eigenvalue weighted by atomic mass is 16.4. The van der Waals surface area contributed by atoms with Gasteiger partial charge in [-0.3, -0.25) is 24.0 Å². The molecule has 1 rings (SSSR count). The maximum Gasteiger partial charge on any atom is 0.326 e. The lowest BCUT2D eigenvalue weighted by molar-refractivity contribution is -0.142. The number of nitrogens with two attached hydrogens (primary N) is 3. The second-order valence-corrected chi connectivity index (χ2v) is 8.39. The monoisotopic (exact) mass is 510 g/mol. The predicted molar refractivity (Wildman–Crippen MR) is 125 cm³/mol. The molecule has 0 saturated heterocycles. The van der Waals surface area contributed by atoms with Gasteiger partial charge in [-0.15, -0.1) is 0 Å². The molecule has 1 heterocycles. The van der Waals surface area contributed by atoms with Gasteiger partial charge in [0.1, 0.15) is 18.1 Å². The lowest BCUT2D eigenvalue weighted by Crippen LogP contribution is -2.58. The molecule has 0 aliphatic rings. The maximum atomic E-state index is 12.9. The van der Waals surface area contributed by atoms with E-state index in [-0.39, 0.29) is 25.2 Å². The largest absolute Gasteiger partial charge is 0.480 e. The van der Waals surface area contributed by atoms with Crippen LogP contribution in [0.3, 0.4) is 0 Å². The van der Waals surface area contributed by atoms with E-state index in [0.29, 0.717) is 12.1 Å².